The van der Waals surface area contributed by atoms with Gasteiger partial charge < -0.3 is 10.1 Å². The molecule has 5 nitrogen and oxygen atoms in total. The van der Waals surface area contributed by atoms with Crippen LogP contribution in [0, 0.1) is 17.0 Å². The van der Waals surface area contributed by atoms with Gasteiger partial charge in [-0.05, 0) is 11.8 Å². The van der Waals surface area contributed by atoms with Crippen LogP contribution in [0.4, 0.5) is 5.82 Å². The minimum atomic E-state index is -0.538. The lowest BCUT2D eigenvalue weighted by atomic mass is 10.5. The van der Waals surface area contributed by atoms with E-state index in [4.69, 9.17) is 0 Å². The summed E-state index contributed by atoms with van der Waals surface area (Å²) in [6, 6.07) is 1.38. The summed E-state index contributed by atoms with van der Waals surface area (Å²) in [5, 5.41) is 15.8. The Morgan fingerprint density at radius 1 is 1.89 bits per heavy atom. The number of nitro groups is 1. The highest BCUT2D eigenvalue weighted by molar-refractivity contribution is 5.18. The van der Waals surface area contributed by atoms with Crippen LogP contribution < -0.4 is 0 Å². The number of aromatic nitrogens is 2. The van der Waals surface area contributed by atoms with Gasteiger partial charge in [-0.15, -0.1) is 0 Å². The summed E-state index contributed by atoms with van der Waals surface area (Å²) in [6.07, 6.45) is 0. The van der Waals surface area contributed by atoms with E-state index < -0.39 is 4.92 Å². The molecule has 1 aromatic heterocycles. The lowest BCUT2D eigenvalue weighted by Gasteiger charge is -1.80. The zero-order chi connectivity index (χ0) is 6.85. The molecule has 0 saturated heterocycles. The Balaban J connectivity index is 2.98. The average molecular weight is 127 g/mol. The second-order valence-corrected chi connectivity index (χ2v) is 1.67. The Labute approximate surface area is 50.8 Å². The second kappa shape index (κ2) is 1.85. The van der Waals surface area contributed by atoms with Crippen molar-refractivity contribution in [1.82, 2.24) is 10.2 Å². The second-order valence-electron chi connectivity index (χ2n) is 1.67. The molecule has 0 radical (unpaired) electrons. The van der Waals surface area contributed by atoms with Gasteiger partial charge in [0, 0.05) is 0 Å². The summed E-state index contributed by atoms with van der Waals surface area (Å²) in [4.78, 5) is 9.40. The molecule has 0 aliphatic rings. The Kier molecular flexibility index (Phi) is 1.18. The van der Waals surface area contributed by atoms with Crippen LogP contribution in [0.15, 0.2) is 6.07 Å². The first-order valence-corrected chi connectivity index (χ1v) is 2.36. The standard InChI is InChI=1S/C4H5N3O2/c1-3-2-4(6-5-3)7(8)9/h2H,1H3,(H,5,6). The van der Waals surface area contributed by atoms with Crippen molar-refractivity contribution in [3.8, 4) is 0 Å². The molecule has 0 bridgehead atoms. The molecule has 0 atom stereocenters. The van der Waals surface area contributed by atoms with E-state index in [2.05, 4.69) is 10.2 Å². The first kappa shape index (κ1) is 5.74. The maximum Gasteiger partial charge on any atom is 0.389 e. The molecule has 0 aliphatic heterocycles. The van der Waals surface area contributed by atoms with E-state index in [0.29, 0.717) is 5.69 Å². The molecular weight excluding hydrogens is 122 g/mol. The van der Waals surface area contributed by atoms with Gasteiger partial charge in [0.1, 0.15) is 0 Å². The normalized spacial score (nSPS) is 9.44. The number of nitrogens with zero attached hydrogens (tertiary/aromatic N) is 2. The molecule has 1 N–H and O–H groups in total. The van der Waals surface area contributed by atoms with Gasteiger partial charge in [-0.1, -0.05) is 0 Å². The molecule has 0 aliphatic carbocycles. The van der Waals surface area contributed by atoms with E-state index in [1.807, 2.05) is 0 Å². The van der Waals surface area contributed by atoms with Crippen LogP contribution in [-0.4, -0.2) is 15.1 Å². The number of nitrogens with one attached hydrogen (secondary N) is 1. The number of H-pyrrole nitrogens is 1. The Bertz CT molecular complexity index is 229. The molecule has 0 fully saturated rings. The topological polar surface area (TPSA) is 71.8 Å². The van der Waals surface area contributed by atoms with Gasteiger partial charge in [-0.3, -0.25) is 0 Å². The van der Waals surface area contributed by atoms with Crippen LogP contribution >= 0.6 is 0 Å². The summed E-state index contributed by atoms with van der Waals surface area (Å²) in [7, 11) is 0. The fraction of sp³-hybridized carbons (Fsp3) is 0.250. The summed E-state index contributed by atoms with van der Waals surface area (Å²) in [6.45, 7) is 1.71. The fourth-order valence-corrected chi connectivity index (χ4v) is 0.497. The lowest BCUT2D eigenvalue weighted by molar-refractivity contribution is -0.389. The summed E-state index contributed by atoms with van der Waals surface area (Å²) >= 11 is 0. The molecule has 0 spiro atoms. The number of hydrogen-bond acceptors (Lipinski definition) is 3. The fourth-order valence-electron chi connectivity index (χ4n) is 0.497. The highest BCUT2D eigenvalue weighted by atomic mass is 16.6. The van der Waals surface area contributed by atoms with Gasteiger partial charge >= 0.3 is 5.82 Å². The van der Waals surface area contributed by atoms with Gasteiger partial charge in [0.05, 0.1) is 16.9 Å². The lowest BCUT2D eigenvalue weighted by Crippen LogP contribution is -1.86. The SMILES string of the molecule is Cc1cc([N+](=O)[O-])n[nH]1. The van der Waals surface area contributed by atoms with Crippen molar-refractivity contribution in [2.45, 2.75) is 6.92 Å². The maximum absolute atomic E-state index is 9.94. The van der Waals surface area contributed by atoms with Crippen molar-refractivity contribution in [1.29, 1.82) is 0 Å². The van der Waals surface area contributed by atoms with E-state index in [1.54, 1.807) is 6.92 Å². The van der Waals surface area contributed by atoms with Crippen molar-refractivity contribution < 1.29 is 4.92 Å². The van der Waals surface area contributed by atoms with Gasteiger partial charge in [0.15, 0.2) is 0 Å². The van der Waals surface area contributed by atoms with Crippen LogP contribution in [0.25, 0.3) is 0 Å². The smallest absolute Gasteiger partial charge is 0.358 e. The van der Waals surface area contributed by atoms with E-state index >= 15 is 0 Å². The Morgan fingerprint density at radius 3 is 2.78 bits per heavy atom. The number of hydrogen-bond donors (Lipinski definition) is 1. The average Bonchev–Trinajstić information content (AvgIpc) is 2.14. The van der Waals surface area contributed by atoms with Crippen molar-refractivity contribution in [2.24, 2.45) is 0 Å². The molecule has 1 aromatic rings. The minimum absolute atomic E-state index is 0.132. The number of aryl methyl sites for hydroxylation is 1. The zero-order valence-electron chi connectivity index (χ0n) is 4.79. The minimum Gasteiger partial charge on any atom is -0.358 e. The highest BCUT2D eigenvalue weighted by Gasteiger charge is 2.07. The number of aromatic amines is 1. The van der Waals surface area contributed by atoms with E-state index in [-0.39, 0.29) is 5.82 Å². The molecule has 0 unspecified atom stereocenters. The van der Waals surface area contributed by atoms with Crippen LogP contribution in [0.2, 0.25) is 0 Å². The van der Waals surface area contributed by atoms with Crippen molar-refractivity contribution in [2.75, 3.05) is 0 Å². The quantitative estimate of drug-likeness (QED) is 0.444. The predicted octanol–water partition coefficient (Wildman–Crippen LogP) is 0.626. The summed E-state index contributed by atoms with van der Waals surface area (Å²) < 4.78 is 0. The molecule has 0 amide bonds. The maximum atomic E-state index is 9.94. The summed E-state index contributed by atoms with van der Waals surface area (Å²) in [5.41, 5.74) is 0.696. The van der Waals surface area contributed by atoms with Gasteiger partial charge in [0.25, 0.3) is 0 Å². The first-order valence-electron chi connectivity index (χ1n) is 2.36. The van der Waals surface area contributed by atoms with Gasteiger partial charge in [-0.2, -0.15) is 5.10 Å². The molecular formula is C4H5N3O2. The molecule has 48 valence electrons. The van der Waals surface area contributed by atoms with Crippen LogP contribution in [-0.2, 0) is 0 Å². The molecule has 1 rings (SSSR count). The van der Waals surface area contributed by atoms with Gasteiger partial charge in [0.2, 0.25) is 0 Å². The highest BCUT2D eigenvalue weighted by Crippen LogP contribution is 2.05. The first-order chi connectivity index (χ1) is 4.20. The van der Waals surface area contributed by atoms with E-state index in [0.717, 1.165) is 0 Å². The summed E-state index contributed by atoms with van der Waals surface area (Å²) in [5.74, 6) is -0.132. The third-order valence-electron chi connectivity index (χ3n) is 0.879. The molecule has 1 heterocycles. The molecule has 0 saturated carbocycles. The third kappa shape index (κ3) is 1.04. The Hall–Kier alpha value is -1.39. The van der Waals surface area contributed by atoms with E-state index in [9.17, 15) is 10.1 Å². The van der Waals surface area contributed by atoms with Crippen molar-refractivity contribution in [3.05, 3.63) is 21.9 Å². The Morgan fingerprint density at radius 2 is 2.56 bits per heavy atom. The van der Waals surface area contributed by atoms with Gasteiger partial charge in [-0.25, -0.2) is 0 Å². The molecule has 5 heteroatoms. The number of rotatable bonds is 1. The largest absolute Gasteiger partial charge is 0.389 e. The van der Waals surface area contributed by atoms with Crippen LogP contribution in [0.5, 0.6) is 0 Å². The monoisotopic (exact) mass is 127 g/mol. The predicted molar refractivity (Wildman–Crippen MR) is 30.0 cm³/mol. The van der Waals surface area contributed by atoms with Crippen molar-refractivity contribution >= 4 is 5.82 Å². The van der Waals surface area contributed by atoms with Crippen molar-refractivity contribution in [3.63, 3.8) is 0 Å². The van der Waals surface area contributed by atoms with Crippen LogP contribution in [0.3, 0.4) is 0 Å². The van der Waals surface area contributed by atoms with Crippen LogP contribution in [0.1, 0.15) is 5.69 Å². The molecule has 9 heavy (non-hydrogen) atoms. The van der Waals surface area contributed by atoms with E-state index in [1.165, 1.54) is 6.07 Å². The zero-order valence-corrected chi connectivity index (χ0v) is 4.79. The molecule has 0 aromatic carbocycles. The third-order valence-corrected chi connectivity index (χ3v) is 0.879.